The summed E-state index contributed by atoms with van der Waals surface area (Å²) in [5.74, 6) is 1.25. The number of hydrogen-bond acceptors (Lipinski definition) is 6. The molecule has 3 N–H and O–H groups in total. The molecule has 2 rings (SSSR count). The van der Waals surface area contributed by atoms with Gasteiger partial charge in [0.05, 0.1) is 5.25 Å². The lowest BCUT2D eigenvalue weighted by Gasteiger charge is -2.19. The number of nitrogens with two attached hydrogens (primary N) is 1. The minimum atomic E-state index is -0.878. The van der Waals surface area contributed by atoms with Crippen LogP contribution in [0.5, 0.6) is 5.75 Å². The van der Waals surface area contributed by atoms with Gasteiger partial charge in [0.2, 0.25) is 5.91 Å². The van der Waals surface area contributed by atoms with Gasteiger partial charge >= 0.3 is 6.03 Å². The number of allylic oxidation sites excluding steroid dienone is 1. The van der Waals surface area contributed by atoms with Crippen LogP contribution in [0.2, 0.25) is 0 Å². The van der Waals surface area contributed by atoms with E-state index in [9.17, 15) is 9.59 Å². The van der Waals surface area contributed by atoms with Crippen LogP contribution >= 0.6 is 11.8 Å². The van der Waals surface area contributed by atoms with Gasteiger partial charge in [0.15, 0.2) is 11.0 Å². The Bertz CT molecular complexity index is 939. The molecule has 0 saturated carbocycles. The lowest BCUT2D eigenvalue weighted by molar-refractivity contribution is -0.120. The largest absolute Gasteiger partial charge is 0.485 e. The Morgan fingerprint density at radius 1 is 1.29 bits per heavy atom. The smallest absolute Gasteiger partial charge is 0.318 e. The maximum atomic E-state index is 12.4. The van der Waals surface area contributed by atoms with Crippen molar-refractivity contribution in [3.8, 4) is 5.75 Å². The van der Waals surface area contributed by atoms with E-state index in [0.29, 0.717) is 23.4 Å². The molecule has 1 unspecified atom stereocenters. The van der Waals surface area contributed by atoms with Crippen molar-refractivity contribution >= 4 is 23.7 Å². The minimum Gasteiger partial charge on any atom is -0.485 e. The number of aromatic nitrogens is 3. The Balaban J connectivity index is 2.26. The zero-order valence-corrected chi connectivity index (χ0v) is 19.5. The second-order valence-corrected chi connectivity index (χ2v) is 9.03. The first-order valence-corrected chi connectivity index (χ1v) is 11.0. The number of ether oxygens (including phenoxy) is 1. The van der Waals surface area contributed by atoms with E-state index in [4.69, 9.17) is 10.5 Å². The number of nitrogens with zero attached hydrogens (tertiary/aromatic N) is 3. The average Bonchev–Trinajstić information content (AvgIpc) is 3.05. The van der Waals surface area contributed by atoms with Gasteiger partial charge in [-0.2, -0.15) is 0 Å². The Morgan fingerprint density at radius 3 is 2.58 bits per heavy atom. The molecule has 2 aromatic rings. The van der Waals surface area contributed by atoms with Crippen LogP contribution in [0.4, 0.5) is 4.79 Å². The number of urea groups is 1. The van der Waals surface area contributed by atoms with Crippen LogP contribution < -0.4 is 15.8 Å². The van der Waals surface area contributed by atoms with Crippen LogP contribution in [0.25, 0.3) is 0 Å². The zero-order chi connectivity index (χ0) is 23.1. The maximum absolute atomic E-state index is 12.4. The van der Waals surface area contributed by atoms with E-state index < -0.39 is 17.2 Å². The summed E-state index contributed by atoms with van der Waals surface area (Å²) in [6, 6.07) is 5.29. The summed E-state index contributed by atoms with van der Waals surface area (Å²) >= 11 is 1.23. The number of aryl methyl sites for hydroxylation is 1. The van der Waals surface area contributed by atoms with Crippen LogP contribution in [-0.2, 0) is 17.9 Å². The third-order valence-corrected chi connectivity index (χ3v) is 6.12. The summed E-state index contributed by atoms with van der Waals surface area (Å²) in [6.45, 7) is 14.5. The molecular formula is C22H31N5O3S. The van der Waals surface area contributed by atoms with Crippen LogP contribution in [-0.4, -0.2) is 32.0 Å². The molecule has 168 valence electrons. The maximum Gasteiger partial charge on any atom is 0.318 e. The van der Waals surface area contributed by atoms with Gasteiger partial charge in [-0.25, -0.2) is 4.79 Å². The van der Waals surface area contributed by atoms with E-state index in [1.54, 1.807) is 6.08 Å². The number of rotatable bonds is 10. The Morgan fingerprint density at radius 2 is 2.00 bits per heavy atom. The number of amides is 3. The zero-order valence-electron chi connectivity index (χ0n) is 18.7. The summed E-state index contributed by atoms with van der Waals surface area (Å²) in [4.78, 5) is 23.5. The highest BCUT2D eigenvalue weighted by atomic mass is 32.2. The summed E-state index contributed by atoms with van der Waals surface area (Å²) < 4.78 is 7.97. The highest BCUT2D eigenvalue weighted by Gasteiger charge is 2.27. The third kappa shape index (κ3) is 6.58. The lowest BCUT2D eigenvalue weighted by Crippen LogP contribution is -2.42. The monoisotopic (exact) mass is 445 g/mol. The first kappa shape index (κ1) is 24.5. The molecule has 0 aliphatic carbocycles. The van der Waals surface area contributed by atoms with Crippen molar-refractivity contribution in [3.63, 3.8) is 0 Å². The van der Waals surface area contributed by atoms with E-state index in [1.165, 1.54) is 11.8 Å². The number of imide groups is 1. The quantitative estimate of drug-likeness (QED) is 0.425. The highest BCUT2D eigenvalue weighted by Crippen LogP contribution is 2.30. The first-order valence-electron chi connectivity index (χ1n) is 10.2. The molecule has 1 heterocycles. The Kier molecular flexibility index (Phi) is 8.67. The molecule has 1 aromatic carbocycles. The summed E-state index contributed by atoms with van der Waals surface area (Å²) in [7, 11) is 0. The van der Waals surface area contributed by atoms with E-state index in [0.717, 1.165) is 16.9 Å². The second kappa shape index (κ2) is 11.0. The molecule has 0 radical (unpaired) electrons. The fraction of sp³-hybridized carbons (Fsp3) is 0.455. The predicted octanol–water partition coefficient (Wildman–Crippen LogP) is 3.79. The van der Waals surface area contributed by atoms with Crippen molar-refractivity contribution in [1.82, 2.24) is 20.1 Å². The molecule has 9 heteroatoms. The molecule has 1 atom stereocenters. The normalized spacial score (nSPS) is 12.1. The van der Waals surface area contributed by atoms with Crippen molar-refractivity contribution in [2.24, 2.45) is 11.7 Å². The van der Waals surface area contributed by atoms with Gasteiger partial charge in [0.1, 0.15) is 12.4 Å². The Labute approximate surface area is 187 Å². The molecule has 8 nitrogen and oxygen atoms in total. The van der Waals surface area contributed by atoms with Crippen molar-refractivity contribution in [2.75, 3.05) is 0 Å². The number of carbonyl (C=O) groups is 2. The number of carbonyl (C=O) groups excluding carboxylic acids is 2. The second-order valence-electron chi connectivity index (χ2n) is 7.92. The molecule has 0 saturated heterocycles. The lowest BCUT2D eigenvalue weighted by atomic mass is 10.0. The molecule has 0 spiro atoms. The Hall–Kier alpha value is -2.81. The summed E-state index contributed by atoms with van der Waals surface area (Å²) in [6.07, 6.45) is 1.73. The van der Waals surface area contributed by atoms with Crippen molar-refractivity contribution in [3.05, 3.63) is 47.8 Å². The third-order valence-electron chi connectivity index (χ3n) is 4.60. The summed E-state index contributed by atoms with van der Waals surface area (Å²) in [5.41, 5.74) is 7.34. The SMILES string of the molecule is C=CCn1c(COc2cc(C)ccc2C(C)C)nnc1SC(C(=O)NC(N)=O)C(C)C. The number of thioether (sulfide) groups is 1. The van der Waals surface area contributed by atoms with Crippen LogP contribution in [0, 0.1) is 12.8 Å². The first-order chi connectivity index (χ1) is 14.6. The van der Waals surface area contributed by atoms with E-state index in [2.05, 4.69) is 48.1 Å². The molecule has 0 aliphatic rings. The molecular weight excluding hydrogens is 414 g/mol. The van der Waals surface area contributed by atoms with Gasteiger partial charge in [0.25, 0.3) is 0 Å². The van der Waals surface area contributed by atoms with Crippen LogP contribution in [0.3, 0.4) is 0 Å². The predicted molar refractivity (Wildman–Crippen MR) is 122 cm³/mol. The topological polar surface area (TPSA) is 112 Å². The van der Waals surface area contributed by atoms with Crippen molar-refractivity contribution in [2.45, 2.75) is 64.1 Å². The number of benzene rings is 1. The van der Waals surface area contributed by atoms with Gasteiger partial charge in [0, 0.05) is 6.54 Å². The van der Waals surface area contributed by atoms with E-state index in [-0.39, 0.29) is 12.5 Å². The number of hydrogen-bond donors (Lipinski definition) is 2. The van der Waals surface area contributed by atoms with Gasteiger partial charge in [-0.1, -0.05) is 57.7 Å². The van der Waals surface area contributed by atoms with E-state index in [1.807, 2.05) is 31.4 Å². The van der Waals surface area contributed by atoms with E-state index >= 15 is 0 Å². The summed E-state index contributed by atoms with van der Waals surface area (Å²) in [5, 5.41) is 10.7. The van der Waals surface area contributed by atoms with Gasteiger partial charge in [-0.3, -0.25) is 14.7 Å². The molecule has 0 fully saturated rings. The molecule has 1 aromatic heterocycles. The molecule has 0 aliphatic heterocycles. The van der Waals surface area contributed by atoms with Crippen molar-refractivity contribution < 1.29 is 14.3 Å². The molecule has 31 heavy (non-hydrogen) atoms. The van der Waals surface area contributed by atoms with Gasteiger partial charge in [-0.05, 0) is 36.0 Å². The number of nitrogens with one attached hydrogen (secondary N) is 1. The number of primary amides is 1. The fourth-order valence-corrected chi connectivity index (χ4v) is 4.07. The molecule has 3 amide bonds. The average molecular weight is 446 g/mol. The standard InChI is InChI=1S/C22H31N5O3S/c1-7-10-27-18(12-30-17-11-15(6)8-9-16(17)13(2)3)25-26-22(27)31-19(14(4)5)20(28)24-21(23)29/h7-9,11,13-14,19H,1,10,12H2,2-6H3,(H3,23,24,28,29). The van der Waals surface area contributed by atoms with Gasteiger partial charge in [-0.15, -0.1) is 16.8 Å². The van der Waals surface area contributed by atoms with Crippen LogP contribution in [0.15, 0.2) is 36.0 Å². The van der Waals surface area contributed by atoms with Crippen LogP contribution in [0.1, 0.15) is 50.6 Å². The minimum absolute atomic E-state index is 0.0566. The highest BCUT2D eigenvalue weighted by molar-refractivity contribution is 8.00. The fourth-order valence-electron chi connectivity index (χ4n) is 3.01. The molecule has 0 bridgehead atoms. The van der Waals surface area contributed by atoms with Gasteiger partial charge < -0.3 is 10.5 Å². The van der Waals surface area contributed by atoms with Crippen molar-refractivity contribution in [1.29, 1.82) is 0 Å².